The Balaban J connectivity index is 1.66. The standard InChI is InChI=1S/C26H26N2OS2/c1-16-9-12-20(13-10-16)28-25(29)23-21-6-4-5-7-22(21)31-24(23)27-26(28)30-15-19-14-17(2)8-11-18(19)3/h8-14H,4-7,15H2,1-3H3. The van der Waals surface area contributed by atoms with Crippen LogP contribution in [-0.2, 0) is 18.6 Å². The molecule has 2 aromatic carbocycles. The quantitative estimate of drug-likeness (QED) is 0.264. The molecule has 2 heterocycles. The van der Waals surface area contributed by atoms with Gasteiger partial charge in [0.2, 0.25) is 0 Å². The molecule has 0 saturated carbocycles. The van der Waals surface area contributed by atoms with Crippen molar-refractivity contribution < 1.29 is 0 Å². The Labute approximate surface area is 191 Å². The molecular formula is C26H26N2OS2. The van der Waals surface area contributed by atoms with Gasteiger partial charge in [-0.3, -0.25) is 9.36 Å². The molecule has 5 rings (SSSR count). The van der Waals surface area contributed by atoms with Gasteiger partial charge in [0, 0.05) is 10.6 Å². The predicted octanol–water partition coefficient (Wildman–Crippen LogP) is 6.54. The van der Waals surface area contributed by atoms with Crippen molar-refractivity contribution in [1.29, 1.82) is 0 Å². The number of hydrogen-bond acceptors (Lipinski definition) is 4. The molecule has 0 N–H and O–H groups in total. The van der Waals surface area contributed by atoms with Crippen molar-refractivity contribution >= 4 is 33.3 Å². The summed E-state index contributed by atoms with van der Waals surface area (Å²) in [5, 5.41) is 1.62. The van der Waals surface area contributed by atoms with Crippen LogP contribution in [0.5, 0.6) is 0 Å². The molecule has 0 aliphatic heterocycles. The molecule has 4 aromatic rings. The van der Waals surface area contributed by atoms with Gasteiger partial charge in [0.1, 0.15) is 4.83 Å². The van der Waals surface area contributed by atoms with E-state index in [1.807, 2.05) is 16.7 Å². The number of nitrogens with zero attached hydrogens (tertiary/aromatic N) is 2. The minimum absolute atomic E-state index is 0.0803. The normalized spacial score (nSPS) is 13.5. The molecular weight excluding hydrogens is 420 g/mol. The van der Waals surface area contributed by atoms with Crippen molar-refractivity contribution in [2.45, 2.75) is 57.4 Å². The Morgan fingerprint density at radius 1 is 1.00 bits per heavy atom. The summed E-state index contributed by atoms with van der Waals surface area (Å²) in [4.78, 5) is 21.1. The predicted molar refractivity (Wildman–Crippen MR) is 132 cm³/mol. The van der Waals surface area contributed by atoms with Crippen molar-refractivity contribution in [2.24, 2.45) is 0 Å². The molecule has 1 aliphatic carbocycles. The molecule has 31 heavy (non-hydrogen) atoms. The Kier molecular flexibility index (Phi) is 5.49. The summed E-state index contributed by atoms with van der Waals surface area (Å²) in [7, 11) is 0. The van der Waals surface area contributed by atoms with Crippen molar-refractivity contribution in [2.75, 3.05) is 0 Å². The monoisotopic (exact) mass is 446 g/mol. The lowest BCUT2D eigenvalue weighted by Gasteiger charge is -2.14. The van der Waals surface area contributed by atoms with Gasteiger partial charge < -0.3 is 0 Å². The van der Waals surface area contributed by atoms with Gasteiger partial charge in [-0.2, -0.15) is 0 Å². The lowest BCUT2D eigenvalue weighted by atomic mass is 9.97. The topological polar surface area (TPSA) is 34.9 Å². The number of aromatic nitrogens is 2. The van der Waals surface area contributed by atoms with Crippen LogP contribution in [0, 0.1) is 20.8 Å². The lowest BCUT2D eigenvalue weighted by molar-refractivity contribution is 0.699. The molecule has 0 spiro atoms. The Morgan fingerprint density at radius 3 is 2.55 bits per heavy atom. The third kappa shape index (κ3) is 3.85. The first-order chi connectivity index (χ1) is 15.0. The van der Waals surface area contributed by atoms with Gasteiger partial charge in [0.05, 0.1) is 11.1 Å². The summed E-state index contributed by atoms with van der Waals surface area (Å²) in [5.41, 5.74) is 7.22. The van der Waals surface area contributed by atoms with E-state index in [0.29, 0.717) is 0 Å². The van der Waals surface area contributed by atoms with Gasteiger partial charge in [-0.15, -0.1) is 11.3 Å². The second-order valence-corrected chi connectivity index (χ2v) is 10.5. The molecule has 0 amide bonds. The zero-order chi connectivity index (χ0) is 21.5. The van der Waals surface area contributed by atoms with E-state index in [1.165, 1.54) is 39.1 Å². The summed E-state index contributed by atoms with van der Waals surface area (Å²) in [6, 6.07) is 14.7. The number of thiophene rings is 1. The smallest absolute Gasteiger partial charge is 0.267 e. The van der Waals surface area contributed by atoms with E-state index in [2.05, 4.69) is 51.1 Å². The Morgan fingerprint density at radius 2 is 1.74 bits per heavy atom. The number of rotatable bonds is 4. The zero-order valence-electron chi connectivity index (χ0n) is 18.2. The van der Waals surface area contributed by atoms with E-state index in [-0.39, 0.29) is 5.56 Å². The summed E-state index contributed by atoms with van der Waals surface area (Å²) < 4.78 is 1.83. The Hall–Kier alpha value is -2.37. The molecule has 0 fully saturated rings. The highest BCUT2D eigenvalue weighted by Crippen LogP contribution is 2.35. The first-order valence-electron chi connectivity index (χ1n) is 10.8. The van der Waals surface area contributed by atoms with E-state index in [1.54, 1.807) is 23.1 Å². The van der Waals surface area contributed by atoms with Gasteiger partial charge in [-0.05, 0) is 75.3 Å². The van der Waals surface area contributed by atoms with E-state index >= 15 is 0 Å². The fourth-order valence-electron chi connectivity index (χ4n) is 4.30. The number of hydrogen-bond donors (Lipinski definition) is 0. The van der Waals surface area contributed by atoms with E-state index in [4.69, 9.17) is 4.98 Å². The second kappa shape index (κ2) is 8.29. The van der Waals surface area contributed by atoms with Crippen LogP contribution in [0.25, 0.3) is 15.9 Å². The maximum Gasteiger partial charge on any atom is 0.267 e. The van der Waals surface area contributed by atoms with Crippen molar-refractivity contribution in [3.05, 3.63) is 85.5 Å². The lowest BCUT2D eigenvalue weighted by Crippen LogP contribution is -2.22. The third-order valence-corrected chi connectivity index (χ3v) is 8.28. The molecule has 0 atom stereocenters. The molecule has 2 aromatic heterocycles. The molecule has 0 radical (unpaired) electrons. The average molecular weight is 447 g/mol. The Bertz CT molecular complexity index is 1330. The maximum atomic E-state index is 13.8. The summed E-state index contributed by atoms with van der Waals surface area (Å²) in [6.07, 6.45) is 4.44. The first kappa shape index (κ1) is 20.5. The zero-order valence-corrected chi connectivity index (χ0v) is 19.8. The van der Waals surface area contributed by atoms with Gasteiger partial charge in [0.15, 0.2) is 5.16 Å². The van der Waals surface area contributed by atoms with Crippen LogP contribution >= 0.6 is 23.1 Å². The summed E-state index contributed by atoms with van der Waals surface area (Å²) >= 11 is 3.38. The molecule has 0 unspecified atom stereocenters. The highest BCUT2D eigenvalue weighted by Gasteiger charge is 2.23. The number of fused-ring (bicyclic) bond motifs is 3. The molecule has 5 heteroatoms. The van der Waals surface area contributed by atoms with Crippen LogP contribution in [0.3, 0.4) is 0 Å². The van der Waals surface area contributed by atoms with Crippen LogP contribution in [0.2, 0.25) is 0 Å². The number of thioether (sulfide) groups is 1. The molecule has 0 saturated heterocycles. The van der Waals surface area contributed by atoms with Crippen LogP contribution in [0.1, 0.15) is 45.5 Å². The fourth-order valence-corrected chi connectivity index (χ4v) is 6.68. The van der Waals surface area contributed by atoms with Crippen LogP contribution in [0.15, 0.2) is 52.4 Å². The van der Waals surface area contributed by atoms with Crippen molar-refractivity contribution in [1.82, 2.24) is 9.55 Å². The molecule has 1 aliphatic rings. The fraction of sp³-hybridized carbons (Fsp3) is 0.308. The minimum atomic E-state index is 0.0803. The van der Waals surface area contributed by atoms with Crippen LogP contribution < -0.4 is 5.56 Å². The van der Waals surface area contributed by atoms with Gasteiger partial charge in [-0.25, -0.2) is 4.98 Å². The molecule has 0 bridgehead atoms. The van der Waals surface area contributed by atoms with Crippen molar-refractivity contribution in [3.8, 4) is 5.69 Å². The van der Waals surface area contributed by atoms with Crippen LogP contribution in [0.4, 0.5) is 0 Å². The third-order valence-electron chi connectivity index (χ3n) is 6.11. The van der Waals surface area contributed by atoms with E-state index in [0.717, 1.165) is 46.1 Å². The van der Waals surface area contributed by atoms with Crippen molar-refractivity contribution in [3.63, 3.8) is 0 Å². The maximum absolute atomic E-state index is 13.8. The van der Waals surface area contributed by atoms with Gasteiger partial charge >= 0.3 is 0 Å². The molecule has 3 nitrogen and oxygen atoms in total. The largest absolute Gasteiger partial charge is 0.268 e. The summed E-state index contributed by atoms with van der Waals surface area (Å²) in [6.45, 7) is 6.34. The van der Waals surface area contributed by atoms with Gasteiger partial charge in [-0.1, -0.05) is 53.2 Å². The minimum Gasteiger partial charge on any atom is -0.268 e. The average Bonchev–Trinajstić information content (AvgIpc) is 3.14. The number of aryl methyl sites for hydroxylation is 5. The summed E-state index contributed by atoms with van der Waals surface area (Å²) in [5.74, 6) is 0.794. The first-order valence-corrected chi connectivity index (χ1v) is 12.6. The highest BCUT2D eigenvalue weighted by atomic mass is 32.2. The SMILES string of the molecule is Cc1ccc(-n2c(SCc3cc(C)ccc3C)nc3sc4c(c3c2=O)CCCC4)cc1. The van der Waals surface area contributed by atoms with Crippen LogP contribution in [-0.4, -0.2) is 9.55 Å². The van der Waals surface area contributed by atoms with Gasteiger partial charge in [0.25, 0.3) is 5.56 Å². The van der Waals surface area contributed by atoms with E-state index in [9.17, 15) is 4.79 Å². The number of benzene rings is 2. The highest BCUT2D eigenvalue weighted by molar-refractivity contribution is 7.98. The van der Waals surface area contributed by atoms with E-state index < -0.39 is 0 Å². The molecule has 158 valence electrons. The second-order valence-electron chi connectivity index (χ2n) is 8.48.